The molecule has 81 heavy (non-hydrogen) atoms. The smallest absolute Gasteiger partial charge is 0.245 e. The zero-order valence-corrected chi connectivity index (χ0v) is 47.4. The maximum absolute atomic E-state index is 14.2. The van der Waals surface area contributed by atoms with Crippen LogP contribution in [0.4, 0.5) is 8.78 Å². The van der Waals surface area contributed by atoms with Crippen LogP contribution in [0.1, 0.15) is 184 Å². The molecule has 2 aliphatic heterocycles. The Morgan fingerprint density at radius 2 is 1.01 bits per heavy atom. The number of benzene rings is 2. The van der Waals surface area contributed by atoms with Crippen LogP contribution in [0.5, 0.6) is 0 Å². The van der Waals surface area contributed by atoms with Gasteiger partial charge in [0.2, 0.25) is 29.5 Å². The fourth-order valence-electron chi connectivity index (χ4n) is 10.6. The second-order valence-corrected chi connectivity index (χ2v) is 21.5. The molecule has 6 rings (SSSR count). The Labute approximate surface area is 475 Å². The largest absolute Gasteiger partial charge is 0.356 e. The number of hydrogen-bond donors (Lipinski definition) is 5. The number of Topliss-reactive ketones (excluding diaryl/α,β-unsaturated/α-hetero) is 1. The number of nitrogens with zero attached hydrogens (tertiary/aromatic N) is 4. The Hall–Kier alpha value is -7.12. The minimum absolute atomic E-state index is 0.0441. The number of unbranched alkanes of at least 4 members (excludes halogenated alkanes) is 6. The highest BCUT2D eigenvalue weighted by atomic mass is 19.1. The first kappa shape index (κ1) is 63.1. The topological polar surface area (TPSA) is 229 Å². The lowest BCUT2D eigenvalue weighted by molar-refractivity contribution is -0.139. The van der Waals surface area contributed by atoms with E-state index >= 15 is 0 Å². The Balaban J connectivity index is 0.854. The second kappa shape index (κ2) is 32.4. The summed E-state index contributed by atoms with van der Waals surface area (Å²) < 4.78 is 27.0. The molecule has 4 heterocycles. The fraction of sp³-hybridized carbons (Fsp3) is 0.516. The SMILES string of the molecule is CN[C@@H](C)C(=O)C[C@@H](CCCCNC(=O)CCCCCCCC(=O)NCCCC[C@H](NC(=O)[C@H](C)NC)C(=O)N1CCC[C@H]1c1cncc(C(=O)c2ccc(F)cc2)c1)C(=O)N1CCC[C@H]1c1cncc(C(=O)c2ccc(F)cc2)c1. The molecule has 436 valence electrons. The maximum atomic E-state index is 14.2. The molecular formula is C62H81F2N9O8. The van der Waals surface area contributed by atoms with Crippen LogP contribution in [0.25, 0.3) is 0 Å². The number of pyridine rings is 2. The minimum atomic E-state index is -0.796. The first-order valence-electron chi connectivity index (χ1n) is 28.9. The number of likely N-dealkylation sites (tertiary alicyclic amines) is 2. The van der Waals surface area contributed by atoms with Crippen LogP contribution in [0.15, 0.2) is 85.5 Å². The highest BCUT2D eigenvalue weighted by molar-refractivity contribution is 6.09. The van der Waals surface area contributed by atoms with Crippen LogP contribution in [0, 0.1) is 17.6 Å². The van der Waals surface area contributed by atoms with E-state index in [1.807, 2.05) is 4.90 Å². The summed E-state index contributed by atoms with van der Waals surface area (Å²) in [7, 11) is 3.38. The molecule has 0 bridgehead atoms. The number of amides is 5. The molecule has 0 spiro atoms. The van der Waals surface area contributed by atoms with Crippen LogP contribution < -0.4 is 26.6 Å². The summed E-state index contributed by atoms with van der Waals surface area (Å²) in [4.78, 5) is 119. The first-order chi connectivity index (χ1) is 39.1. The van der Waals surface area contributed by atoms with Crippen molar-refractivity contribution in [1.29, 1.82) is 0 Å². The highest BCUT2D eigenvalue weighted by Crippen LogP contribution is 2.36. The third kappa shape index (κ3) is 19.0. The van der Waals surface area contributed by atoms with E-state index in [-0.39, 0.29) is 65.4 Å². The Morgan fingerprint density at radius 3 is 1.49 bits per heavy atom. The van der Waals surface area contributed by atoms with Crippen molar-refractivity contribution >= 4 is 46.9 Å². The third-order valence-corrected chi connectivity index (χ3v) is 15.6. The highest BCUT2D eigenvalue weighted by Gasteiger charge is 2.37. The standard InChI is InChI=1S/C62H81F2N9O8/c1-41(65-3)55(74)36-45(61(80)72-32-14-18-53(72)46-34-48(39-67-37-46)58(77)43-22-26-50(63)27-23-43)16-10-12-30-69-56(75)20-8-6-5-7-9-21-57(76)70-31-13-11-17-52(71-60(79)42(2)66-4)62(81)73-33-15-19-54(73)47-35-49(40-68-38-47)59(78)44-24-28-51(64)29-25-44/h22-29,34-35,37-42,45,52-54,65-66H,5-21,30-33,36H2,1-4H3,(H,69,75)(H,70,76)(H,71,79)/t41-,42-,45+,52-,53-,54-/m0/s1. The van der Waals surface area contributed by atoms with Gasteiger partial charge in [-0.3, -0.25) is 48.3 Å². The van der Waals surface area contributed by atoms with Gasteiger partial charge < -0.3 is 36.4 Å². The lowest BCUT2D eigenvalue weighted by atomic mass is 9.91. The predicted molar refractivity (Wildman–Crippen MR) is 304 cm³/mol. The molecule has 0 radical (unpaired) electrons. The van der Waals surface area contributed by atoms with Crippen LogP contribution >= 0.6 is 0 Å². The number of aromatic nitrogens is 2. The van der Waals surface area contributed by atoms with Crippen molar-refractivity contribution in [2.75, 3.05) is 40.3 Å². The summed E-state index contributed by atoms with van der Waals surface area (Å²) in [6.07, 6.45) is 17.2. The molecule has 0 saturated carbocycles. The van der Waals surface area contributed by atoms with Gasteiger partial charge in [0.1, 0.15) is 23.5 Å². The van der Waals surface area contributed by atoms with E-state index in [2.05, 4.69) is 36.6 Å². The molecule has 17 nitrogen and oxygen atoms in total. The summed E-state index contributed by atoms with van der Waals surface area (Å²) in [6, 6.07) is 11.7. The molecular weight excluding hydrogens is 1040 g/mol. The van der Waals surface area contributed by atoms with Gasteiger partial charge in [0.15, 0.2) is 11.6 Å². The van der Waals surface area contributed by atoms with E-state index in [4.69, 9.17) is 0 Å². The Bertz CT molecular complexity index is 2580. The third-order valence-electron chi connectivity index (χ3n) is 15.6. The molecule has 0 aliphatic carbocycles. The van der Waals surface area contributed by atoms with Crippen LogP contribution in [0.2, 0.25) is 0 Å². The predicted octanol–water partition coefficient (Wildman–Crippen LogP) is 7.82. The Kier molecular flexibility index (Phi) is 25.2. The zero-order valence-electron chi connectivity index (χ0n) is 47.4. The van der Waals surface area contributed by atoms with Gasteiger partial charge in [0, 0.05) is 98.4 Å². The van der Waals surface area contributed by atoms with E-state index in [9.17, 15) is 47.1 Å². The fourth-order valence-corrected chi connectivity index (χ4v) is 10.6. The molecule has 0 unspecified atom stereocenters. The number of hydrogen-bond acceptors (Lipinski definition) is 12. The number of carbonyl (C=O) groups is 8. The summed E-state index contributed by atoms with van der Waals surface area (Å²) in [5.41, 5.74) is 2.77. The molecule has 4 aromatic rings. The van der Waals surface area contributed by atoms with Gasteiger partial charge in [-0.25, -0.2) is 8.78 Å². The molecule has 2 aromatic carbocycles. The molecule has 5 N–H and O–H groups in total. The van der Waals surface area contributed by atoms with Crippen molar-refractivity contribution in [1.82, 2.24) is 46.4 Å². The van der Waals surface area contributed by atoms with Crippen molar-refractivity contribution < 1.29 is 47.1 Å². The average Bonchev–Trinajstić information content (AvgIpc) is 4.20. The van der Waals surface area contributed by atoms with E-state index in [0.29, 0.717) is 125 Å². The minimum Gasteiger partial charge on any atom is -0.356 e. The van der Waals surface area contributed by atoms with Gasteiger partial charge in [0.25, 0.3) is 0 Å². The van der Waals surface area contributed by atoms with Crippen molar-refractivity contribution in [3.8, 4) is 0 Å². The molecule has 2 aromatic heterocycles. The van der Waals surface area contributed by atoms with Gasteiger partial charge in [-0.05, 0) is 170 Å². The van der Waals surface area contributed by atoms with Gasteiger partial charge in [0.05, 0.1) is 24.2 Å². The van der Waals surface area contributed by atoms with Gasteiger partial charge in [-0.1, -0.05) is 25.7 Å². The van der Waals surface area contributed by atoms with Crippen molar-refractivity contribution in [2.45, 2.75) is 160 Å². The maximum Gasteiger partial charge on any atom is 0.245 e. The lowest BCUT2D eigenvalue weighted by Crippen LogP contribution is -2.52. The van der Waals surface area contributed by atoms with E-state index in [1.165, 1.54) is 60.9 Å². The summed E-state index contributed by atoms with van der Waals surface area (Å²) >= 11 is 0. The number of likely N-dealkylation sites (N-methyl/N-ethyl adjacent to an activating group) is 2. The van der Waals surface area contributed by atoms with E-state index in [0.717, 1.165) is 44.1 Å². The van der Waals surface area contributed by atoms with E-state index < -0.39 is 35.7 Å². The number of nitrogens with one attached hydrogen (secondary N) is 5. The summed E-state index contributed by atoms with van der Waals surface area (Å²) in [5, 5.41) is 14.8. The van der Waals surface area contributed by atoms with Gasteiger partial charge in [-0.15, -0.1) is 0 Å². The lowest BCUT2D eigenvalue weighted by Gasteiger charge is -2.30. The van der Waals surface area contributed by atoms with Crippen molar-refractivity contribution in [3.63, 3.8) is 0 Å². The van der Waals surface area contributed by atoms with Gasteiger partial charge in [-0.2, -0.15) is 0 Å². The number of carbonyl (C=O) groups excluding carboxylic acids is 8. The summed E-state index contributed by atoms with van der Waals surface area (Å²) in [6.45, 7) is 5.37. The quantitative estimate of drug-likeness (QED) is 0.0227. The van der Waals surface area contributed by atoms with Crippen molar-refractivity contribution in [2.24, 2.45) is 5.92 Å². The summed E-state index contributed by atoms with van der Waals surface area (Å²) in [5.74, 6) is -2.83. The molecule has 2 fully saturated rings. The number of halogens is 2. The first-order valence-corrected chi connectivity index (χ1v) is 28.9. The molecule has 6 atom stereocenters. The van der Waals surface area contributed by atoms with Crippen LogP contribution in [-0.4, -0.2) is 125 Å². The average molecular weight is 1120 g/mol. The molecule has 2 aliphatic rings. The normalized spacial score (nSPS) is 16.5. The second-order valence-electron chi connectivity index (χ2n) is 21.5. The Morgan fingerprint density at radius 1 is 0.556 bits per heavy atom. The molecule has 19 heteroatoms. The number of rotatable bonds is 33. The monoisotopic (exact) mass is 1120 g/mol. The molecule has 5 amide bonds. The van der Waals surface area contributed by atoms with Crippen LogP contribution in [0.3, 0.4) is 0 Å². The molecule has 2 saturated heterocycles. The van der Waals surface area contributed by atoms with Crippen LogP contribution in [-0.2, 0) is 28.8 Å². The zero-order chi connectivity index (χ0) is 58.3. The van der Waals surface area contributed by atoms with E-state index in [1.54, 1.807) is 57.4 Å². The van der Waals surface area contributed by atoms with Gasteiger partial charge >= 0.3 is 0 Å². The number of ketones is 3. The van der Waals surface area contributed by atoms with Crippen molar-refractivity contribution in [3.05, 3.63) is 130 Å².